The minimum Gasteiger partial charge on any atom is -0.445 e. The van der Waals surface area contributed by atoms with Crippen molar-refractivity contribution in [3.05, 3.63) is 60.0 Å². The summed E-state index contributed by atoms with van der Waals surface area (Å²) in [6.45, 7) is 1.32. The summed E-state index contributed by atoms with van der Waals surface area (Å²) in [6, 6.07) is 13.4. The van der Waals surface area contributed by atoms with Crippen LogP contribution in [-0.2, 0) is 24.5 Å². The van der Waals surface area contributed by atoms with Crippen LogP contribution >= 0.6 is 0 Å². The van der Waals surface area contributed by atoms with Gasteiger partial charge in [0.05, 0.1) is 6.04 Å². The number of likely N-dealkylation sites (tertiary alicyclic amines) is 1. The molecule has 0 radical (unpaired) electrons. The highest BCUT2D eigenvalue weighted by atomic mass is 16.6. The molecule has 146 valence electrons. The van der Waals surface area contributed by atoms with Gasteiger partial charge in [0.15, 0.2) is 5.65 Å². The molecular weight excluding hydrogens is 356 g/mol. The van der Waals surface area contributed by atoms with Gasteiger partial charge in [-0.15, -0.1) is 0 Å². The standard InChI is InChI=1S/C21H24N4O3/c26-14-19-23-18-10-6-11-22-20(18)25(19)13-17-9-4-5-12-24(17)21(27)28-15-16-7-2-1-3-8-16/h1-3,6-8,10-11,17,26H,4-5,9,12-15H2/t17-/m1/s1. The Bertz CT molecular complexity index is 941. The van der Waals surface area contributed by atoms with Crippen molar-refractivity contribution in [2.45, 2.75) is 45.1 Å². The van der Waals surface area contributed by atoms with Crippen molar-refractivity contribution in [2.24, 2.45) is 0 Å². The number of carbonyl (C=O) groups is 1. The summed E-state index contributed by atoms with van der Waals surface area (Å²) in [5, 5.41) is 9.72. The second kappa shape index (κ2) is 8.39. The van der Waals surface area contributed by atoms with Gasteiger partial charge in [-0.25, -0.2) is 14.8 Å². The van der Waals surface area contributed by atoms with E-state index in [9.17, 15) is 9.90 Å². The SMILES string of the molecule is O=C(OCc1ccccc1)N1CCCC[C@@H]1Cn1c(CO)nc2cccnc21. The topological polar surface area (TPSA) is 80.5 Å². The largest absolute Gasteiger partial charge is 0.445 e. The van der Waals surface area contributed by atoms with E-state index < -0.39 is 0 Å². The van der Waals surface area contributed by atoms with Gasteiger partial charge in [-0.2, -0.15) is 0 Å². The van der Waals surface area contributed by atoms with Gasteiger partial charge in [-0.3, -0.25) is 0 Å². The molecule has 1 saturated heterocycles. The number of ether oxygens (including phenoxy) is 1. The number of pyridine rings is 1. The van der Waals surface area contributed by atoms with E-state index in [1.54, 1.807) is 6.20 Å². The number of amides is 1. The average molecular weight is 380 g/mol. The Labute approximate surface area is 163 Å². The molecule has 1 atom stereocenters. The van der Waals surface area contributed by atoms with E-state index in [4.69, 9.17) is 4.74 Å². The Morgan fingerprint density at radius 1 is 1.18 bits per heavy atom. The molecule has 0 bridgehead atoms. The summed E-state index contributed by atoms with van der Waals surface area (Å²) in [4.78, 5) is 23.4. The van der Waals surface area contributed by atoms with Crippen LogP contribution in [0.15, 0.2) is 48.7 Å². The monoisotopic (exact) mass is 380 g/mol. The molecule has 1 N–H and O–H groups in total. The summed E-state index contributed by atoms with van der Waals surface area (Å²) in [6.07, 6.45) is 4.33. The summed E-state index contributed by atoms with van der Waals surface area (Å²) in [7, 11) is 0. The molecule has 1 fully saturated rings. The Hall–Kier alpha value is -2.93. The molecule has 7 nitrogen and oxygen atoms in total. The van der Waals surface area contributed by atoms with Crippen molar-refractivity contribution in [1.82, 2.24) is 19.4 Å². The molecule has 0 spiro atoms. The van der Waals surface area contributed by atoms with Crippen LogP contribution in [0.25, 0.3) is 11.2 Å². The van der Waals surface area contributed by atoms with Gasteiger partial charge in [0.1, 0.15) is 24.6 Å². The number of rotatable bonds is 5. The lowest BCUT2D eigenvalue weighted by atomic mass is 10.0. The molecular formula is C21H24N4O3. The van der Waals surface area contributed by atoms with Crippen LogP contribution in [0.3, 0.4) is 0 Å². The van der Waals surface area contributed by atoms with E-state index in [1.807, 2.05) is 51.9 Å². The molecule has 1 aromatic carbocycles. The lowest BCUT2D eigenvalue weighted by Gasteiger charge is -2.35. The number of nitrogens with zero attached hydrogens (tertiary/aromatic N) is 4. The van der Waals surface area contributed by atoms with Crippen molar-refractivity contribution >= 4 is 17.3 Å². The minimum atomic E-state index is -0.295. The Kier molecular flexibility index (Phi) is 5.53. The first kappa shape index (κ1) is 18.4. The van der Waals surface area contributed by atoms with Crippen molar-refractivity contribution in [2.75, 3.05) is 6.54 Å². The van der Waals surface area contributed by atoms with Crippen LogP contribution in [0.2, 0.25) is 0 Å². The van der Waals surface area contributed by atoms with Gasteiger partial charge < -0.3 is 19.3 Å². The van der Waals surface area contributed by atoms with Gasteiger partial charge >= 0.3 is 6.09 Å². The number of benzene rings is 1. The van der Waals surface area contributed by atoms with Crippen LogP contribution in [0.5, 0.6) is 0 Å². The number of piperidine rings is 1. The van der Waals surface area contributed by atoms with Crippen LogP contribution in [0, 0.1) is 0 Å². The number of imidazole rings is 1. The highest BCUT2D eigenvalue weighted by Crippen LogP contribution is 2.23. The predicted octanol–water partition coefficient (Wildman–Crippen LogP) is 3.11. The number of aliphatic hydroxyl groups is 1. The zero-order valence-electron chi connectivity index (χ0n) is 15.7. The normalized spacial score (nSPS) is 17.0. The molecule has 28 heavy (non-hydrogen) atoms. The van der Waals surface area contributed by atoms with E-state index in [2.05, 4.69) is 9.97 Å². The maximum Gasteiger partial charge on any atom is 0.410 e. The molecule has 0 saturated carbocycles. The molecule has 3 heterocycles. The van der Waals surface area contributed by atoms with E-state index in [1.165, 1.54) is 0 Å². The van der Waals surface area contributed by atoms with Crippen LogP contribution in [0.1, 0.15) is 30.7 Å². The Morgan fingerprint density at radius 3 is 2.86 bits per heavy atom. The zero-order chi connectivity index (χ0) is 19.3. The first-order valence-electron chi connectivity index (χ1n) is 9.64. The van der Waals surface area contributed by atoms with E-state index >= 15 is 0 Å². The summed E-state index contributed by atoms with van der Waals surface area (Å²) in [5.41, 5.74) is 2.45. The van der Waals surface area contributed by atoms with Gasteiger partial charge in [-0.05, 0) is 37.0 Å². The maximum absolute atomic E-state index is 12.7. The highest BCUT2D eigenvalue weighted by molar-refractivity contribution is 5.71. The second-order valence-electron chi connectivity index (χ2n) is 7.03. The lowest BCUT2D eigenvalue weighted by molar-refractivity contribution is 0.0636. The van der Waals surface area contributed by atoms with Crippen molar-refractivity contribution in [1.29, 1.82) is 0 Å². The molecule has 1 amide bonds. The number of fused-ring (bicyclic) bond motifs is 1. The molecule has 0 aliphatic carbocycles. The quantitative estimate of drug-likeness (QED) is 0.736. The Balaban J connectivity index is 1.50. The van der Waals surface area contributed by atoms with Gasteiger partial charge in [0, 0.05) is 19.3 Å². The number of hydrogen-bond acceptors (Lipinski definition) is 5. The molecule has 3 aromatic rings. The zero-order valence-corrected chi connectivity index (χ0v) is 15.7. The van der Waals surface area contributed by atoms with E-state index in [0.29, 0.717) is 18.9 Å². The molecule has 7 heteroatoms. The number of hydrogen-bond donors (Lipinski definition) is 1. The second-order valence-corrected chi connectivity index (χ2v) is 7.03. The molecule has 2 aromatic heterocycles. The highest BCUT2D eigenvalue weighted by Gasteiger charge is 2.29. The van der Waals surface area contributed by atoms with Crippen molar-refractivity contribution in [3.63, 3.8) is 0 Å². The maximum atomic E-state index is 12.7. The molecule has 1 aliphatic rings. The fourth-order valence-electron chi connectivity index (χ4n) is 3.76. The number of carbonyl (C=O) groups excluding carboxylic acids is 1. The van der Waals surface area contributed by atoms with Crippen LogP contribution in [0.4, 0.5) is 4.79 Å². The predicted molar refractivity (Wildman–Crippen MR) is 104 cm³/mol. The van der Waals surface area contributed by atoms with Crippen molar-refractivity contribution in [3.8, 4) is 0 Å². The summed E-state index contributed by atoms with van der Waals surface area (Å²) >= 11 is 0. The van der Waals surface area contributed by atoms with E-state index in [-0.39, 0.29) is 25.3 Å². The van der Waals surface area contributed by atoms with Crippen LogP contribution in [-0.4, -0.2) is 43.2 Å². The fraction of sp³-hybridized carbons (Fsp3) is 0.381. The number of aliphatic hydroxyl groups excluding tert-OH is 1. The van der Waals surface area contributed by atoms with Crippen LogP contribution < -0.4 is 0 Å². The molecule has 0 unspecified atom stereocenters. The van der Waals surface area contributed by atoms with Gasteiger partial charge in [0.2, 0.25) is 0 Å². The third-order valence-electron chi connectivity index (χ3n) is 5.18. The Morgan fingerprint density at radius 2 is 2.04 bits per heavy atom. The first-order valence-corrected chi connectivity index (χ1v) is 9.64. The minimum absolute atomic E-state index is 0.0123. The molecule has 1 aliphatic heterocycles. The average Bonchev–Trinajstić information content (AvgIpc) is 3.11. The smallest absolute Gasteiger partial charge is 0.410 e. The van der Waals surface area contributed by atoms with E-state index in [0.717, 1.165) is 36.0 Å². The summed E-state index contributed by atoms with van der Waals surface area (Å²) < 4.78 is 7.48. The third kappa shape index (κ3) is 3.84. The van der Waals surface area contributed by atoms with Crippen molar-refractivity contribution < 1.29 is 14.6 Å². The van der Waals surface area contributed by atoms with Gasteiger partial charge in [0.25, 0.3) is 0 Å². The van der Waals surface area contributed by atoms with Gasteiger partial charge in [-0.1, -0.05) is 30.3 Å². The number of aromatic nitrogens is 3. The summed E-state index contributed by atoms with van der Waals surface area (Å²) in [5.74, 6) is 0.567. The first-order chi connectivity index (χ1) is 13.8. The lowest BCUT2D eigenvalue weighted by Crippen LogP contribution is -2.46. The third-order valence-corrected chi connectivity index (χ3v) is 5.18. The molecule has 4 rings (SSSR count). The fourth-order valence-corrected chi connectivity index (χ4v) is 3.76.